The quantitative estimate of drug-likeness (QED) is 0.763. The topological polar surface area (TPSA) is 38.0 Å². The molecule has 2 heteroatoms. The van der Waals surface area contributed by atoms with Gasteiger partial charge in [-0.3, -0.25) is 0 Å². The fourth-order valence-corrected chi connectivity index (χ4v) is 2.66. The molecule has 0 unspecified atom stereocenters. The normalized spacial score (nSPS) is 19.9. The number of benzene rings is 1. The minimum Gasteiger partial charge on any atom is -0.399 e. The molecule has 0 saturated heterocycles. The largest absolute Gasteiger partial charge is 0.399 e. The summed E-state index contributed by atoms with van der Waals surface area (Å²) < 4.78 is 0. The standard InChI is InChI=1S/C15H22N2/c1-10-2-3-11(8-14(10)16)9-17-15(12-4-5-12)13-6-7-13/h2-3,8,12-13,15,17H,4-7,9,16H2,1H3. The van der Waals surface area contributed by atoms with Crippen LogP contribution in [0.15, 0.2) is 18.2 Å². The van der Waals surface area contributed by atoms with E-state index in [-0.39, 0.29) is 0 Å². The van der Waals surface area contributed by atoms with Crippen LogP contribution in [0.3, 0.4) is 0 Å². The molecule has 2 aliphatic carbocycles. The molecule has 17 heavy (non-hydrogen) atoms. The molecule has 92 valence electrons. The Kier molecular flexibility index (Phi) is 2.83. The average molecular weight is 230 g/mol. The van der Waals surface area contributed by atoms with Crippen LogP contribution in [0.2, 0.25) is 0 Å². The van der Waals surface area contributed by atoms with Crippen molar-refractivity contribution < 1.29 is 0 Å². The summed E-state index contributed by atoms with van der Waals surface area (Å²) in [5, 5.41) is 3.75. The van der Waals surface area contributed by atoms with Crippen LogP contribution < -0.4 is 11.1 Å². The number of hydrogen-bond acceptors (Lipinski definition) is 2. The van der Waals surface area contributed by atoms with Gasteiger partial charge in [0, 0.05) is 18.3 Å². The molecule has 0 radical (unpaired) electrons. The second-order valence-electron chi connectivity index (χ2n) is 5.77. The molecule has 1 aromatic rings. The maximum atomic E-state index is 5.94. The van der Waals surface area contributed by atoms with Gasteiger partial charge in [-0.25, -0.2) is 0 Å². The number of anilines is 1. The van der Waals surface area contributed by atoms with E-state index < -0.39 is 0 Å². The van der Waals surface area contributed by atoms with Crippen molar-refractivity contribution >= 4 is 5.69 Å². The zero-order chi connectivity index (χ0) is 11.8. The zero-order valence-corrected chi connectivity index (χ0v) is 10.6. The molecule has 0 spiro atoms. The van der Waals surface area contributed by atoms with E-state index in [0.29, 0.717) is 0 Å². The Balaban J connectivity index is 1.60. The lowest BCUT2D eigenvalue weighted by molar-refractivity contribution is 0.416. The highest BCUT2D eigenvalue weighted by atomic mass is 14.9. The lowest BCUT2D eigenvalue weighted by Gasteiger charge is -2.18. The summed E-state index contributed by atoms with van der Waals surface area (Å²) in [6.45, 7) is 3.03. The Bertz CT molecular complexity index is 393. The third-order valence-electron chi connectivity index (χ3n) is 4.15. The first-order valence-corrected chi connectivity index (χ1v) is 6.82. The summed E-state index contributed by atoms with van der Waals surface area (Å²) in [5.41, 5.74) is 9.35. The number of rotatable bonds is 5. The minimum absolute atomic E-state index is 0.775. The lowest BCUT2D eigenvalue weighted by atomic mass is 10.1. The zero-order valence-electron chi connectivity index (χ0n) is 10.6. The van der Waals surface area contributed by atoms with E-state index in [2.05, 4.69) is 30.4 Å². The Labute approximate surface area is 104 Å². The third-order valence-corrected chi connectivity index (χ3v) is 4.15. The molecule has 0 atom stereocenters. The van der Waals surface area contributed by atoms with Crippen LogP contribution in [0, 0.1) is 18.8 Å². The van der Waals surface area contributed by atoms with E-state index in [1.807, 2.05) is 0 Å². The third kappa shape index (κ3) is 2.63. The maximum Gasteiger partial charge on any atom is 0.0346 e. The minimum atomic E-state index is 0.775. The molecular weight excluding hydrogens is 208 g/mol. The van der Waals surface area contributed by atoms with Gasteiger partial charge in [0.15, 0.2) is 0 Å². The predicted octanol–water partition coefficient (Wildman–Crippen LogP) is 2.86. The van der Waals surface area contributed by atoms with Gasteiger partial charge in [-0.05, 0) is 61.6 Å². The van der Waals surface area contributed by atoms with Crippen molar-refractivity contribution in [3.8, 4) is 0 Å². The van der Waals surface area contributed by atoms with Crippen molar-refractivity contribution in [1.29, 1.82) is 0 Å². The Hall–Kier alpha value is -1.02. The Morgan fingerprint density at radius 3 is 2.41 bits per heavy atom. The molecule has 0 bridgehead atoms. The first-order chi connectivity index (χ1) is 8.24. The molecule has 0 aliphatic heterocycles. The van der Waals surface area contributed by atoms with Gasteiger partial charge in [0.25, 0.3) is 0 Å². The van der Waals surface area contributed by atoms with E-state index in [1.165, 1.54) is 36.8 Å². The number of nitrogens with one attached hydrogen (secondary N) is 1. The van der Waals surface area contributed by atoms with Gasteiger partial charge in [0.05, 0.1) is 0 Å². The molecule has 0 amide bonds. The molecule has 0 heterocycles. The molecule has 2 aliphatic rings. The Morgan fingerprint density at radius 2 is 1.88 bits per heavy atom. The Morgan fingerprint density at radius 1 is 1.24 bits per heavy atom. The molecule has 2 fully saturated rings. The highest BCUT2D eigenvalue weighted by molar-refractivity contribution is 5.48. The van der Waals surface area contributed by atoms with Crippen LogP contribution in [-0.4, -0.2) is 6.04 Å². The van der Waals surface area contributed by atoms with Crippen molar-refractivity contribution in [3.63, 3.8) is 0 Å². The second kappa shape index (κ2) is 4.34. The van der Waals surface area contributed by atoms with Gasteiger partial charge < -0.3 is 11.1 Å². The van der Waals surface area contributed by atoms with Crippen LogP contribution in [0.5, 0.6) is 0 Å². The van der Waals surface area contributed by atoms with Crippen LogP contribution in [-0.2, 0) is 6.54 Å². The predicted molar refractivity (Wildman–Crippen MR) is 71.7 cm³/mol. The number of hydrogen-bond donors (Lipinski definition) is 2. The van der Waals surface area contributed by atoms with E-state index in [9.17, 15) is 0 Å². The van der Waals surface area contributed by atoms with Gasteiger partial charge in [0.1, 0.15) is 0 Å². The molecule has 2 nitrogen and oxygen atoms in total. The summed E-state index contributed by atoms with van der Waals surface area (Å²) >= 11 is 0. The SMILES string of the molecule is Cc1ccc(CNC(C2CC2)C2CC2)cc1N. The van der Waals surface area contributed by atoms with E-state index in [0.717, 1.165) is 30.1 Å². The van der Waals surface area contributed by atoms with Crippen LogP contribution in [0.25, 0.3) is 0 Å². The summed E-state index contributed by atoms with van der Waals surface area (Å²) in [6, 6.07) is 7.20. The first-order valence-electron chi connectivity index (χ1n) is 6.82. The van der Waals surface area contributed by atoms with Gasteiger partial charge in [-0.1, -0.05) is 12.1 Å². The second-order valence-corrected chi connectivity index (χ2v) is 5.77. The monoisotopic (exact) mass is 230 g/mol. The van der Waals surface area contributed by atoms with Gasteiger partial charge in [0.2, 0.25) is 0 Å². The average Bonchev–Trinajstić information content (AvgIpc) is 3.14. The molecule has 2 saturated carbocycles. The van der Waals surface area contributed by atoms with Crippen molar-refractivity contribution in [2.24, 2.45) is 11.8 Å². The summed E-state index contributed by atoms with van der Waals surface area (Å²) in [4.78, 5) is 0. The van der Waals surface area contributed by atoms with Gasteiger partial charge >= 0.3 is 0 Å². The molecule has 3 N–H and O–H groups in total. The first kappa shape index (κ1) is 11.1. The molecule has 3 rings (SSSR count). The van der Waals surface area contributed by atoms with Gasteiger partial charge in [-0.15, -0.1) is 0 Å². The summed E-state index contributed by atoms with van der Waals surface area (Å²) in [6.07, 6.45) is 5.74. The molecule has 0 aromatic heterocycles. The highest BCUT2D eigenvalue weighted by Gasteiger charge is 2.40. The van der Waals surface area contributed by atoms with Crippen molar-refractivity contribution in [2.75, 3.05) is 5.73 Å². The fraction of sp³-hybridized carbons (Fsp3) is 0.600. The summed E-state index contributed by atoms with van der Waals surface area (Å²) in [7, 11) is 0. The maximum absolute atomic E-state index is 5.94. The van der Waals surface area contributed by atoms with Crippen LogP contribution in [0.1, 0.15) is 36.8 Å². The fourth-order valence-electron chi connectivity index (χ4n) is 2.66. The number of nitrogens with two attached hydrogens (primary N) is 1. The number of aryl methyl sites for hydroxylation is 1. The van der Waals surface area contributed by atoms with Crippen LogP contribution in [0.4, 0.5) is 5.69 Å². The van der Waals surface area contributed by atoms with Gasteiger partial charge in [-0.2, -0.15) is 0 Å². The van der Waals surface area contributed by atoms with Crippen molar-refractivity contribution in [1.82, 2.24) is 5.32 Å². The number of nitrogen functional groups attached to an aromatic ring is 1. The lowest BCUT2D eigenvalue weighted by Crippen LogP contribution is -2.32. The van der Waals surface area contributed by atoms with Crippen LogP contribution >= 0.6 is 0 Å². The van der Waals surface area contributed by atoms with E-state index >= 15 is 0 Å². The molecule has 1 aromatic carbocycles. The summed E-state index contributed by atoms with van der Waals surface area (Å²) in [5.74, 6) is 1.93. The van der Waals surface area contributed by atoms with Crippen molar-refractivity contribution in [2.45, 2.75) is 45.2 Å². The van der Waals surface area contributed by atoms with E-state index in [1.54, 1.807) is 0 Å². The highest BCUT2D eigenvalue weighted by Crippen LogP contribution is 2.44. The molecular formula is C15H22N2. The van der Waals surface area contributed by atoms with E-state index in [4.69, 9.17) is 5.73 Å². The smallest absolute Gasteiger partial charge is 0.0346 e. The van der Waals surface area contributed by atoms with Crippen molar-refractivity contribution in [3.05, 3.63) is 29.3 Å².